The van der Waals surface area contributed by atoms with Crippen molar-refractivity contribution in [2.45, 2.75) is 6.18 Å². The van der Waals surface area contributed by atoms with Gasteiger partial charge in [0, 0.05) is 11.1 Å². The fourth-order valence-electron chi connectivity index (χ4n) is 2.55. The molecule has 1 heterocycles. The van der Waals surface area contributed by atoms with E-state index in [1.165, 1.54) is 31.4 Å². The third kappa shape index (κ3) is 4.11. The molecule has 2 N–H and O–H groups in total. The van der Waals surface area contributed by atoms with Crippen molar-refractivity contribution in [3.63, 3.8) is 0 Å². The maximum absolute atomic E-state index is 12.9. The number of hydrogen-bond acceptors (Lipinski definition) is 5. The second-order valence-corrected chi connectivity index (χ2v) is 7.78. The number of phenolic OH excluding ortho intramolecular Hbond substituents is 1. The van der Waals surface area contributed by atoms with Crippen LogP contribution in [0.1, 0.15) is 11.1 Å². The van der Waals surface area contributed by atoms with E-state index in [9.17, 15) is 23.1 Å². The van der Waals surface area contributed by atoms with E-state index in [0.717, 1.165) is 23.9 Å². The van der Waals surface area contributed by atoms with E-state index in [2.05, 4.69) is 5.32 Å². The van der Waals surface area contributed by atoms with Gasteiger partial charge >= 0.3 is 6.18 Å². The molecule has 0 bridgehead atoms. The molecule has 2 aromatic carbocycles. The summed E-state index contributed by atoms with van der Waals surface area (Å²) >= 11 is 11.7. The smallest absolute Gasteiger partial charge is 0.417 e. The van der Waals surface area contributed by atoms with E-state index >= 15 is 0 Å². The van der Waals surface area contributed by atoms with Gasteiger partial charge in [-0.2, -0.15) is 13.2 Å². The van der Waals surface area contributed by atoms with Crippen LogP contribution in [0, 0.1) is 0 Å². The standard InChI is InChI=1S/C18H11ClF3NO3S2/c1-26-10-4-9(6-14-16(25)23-17(27)28-14)15(24)11(7-10)8-2-3-12(13(19)5-8)18(20,21)22/h2-7,24H,1H3,(H,23,25,27)/b14-6-. The summed E-state index contributed by atoms with van der Waals surface area (Å²) in [6.45, 7) is 0. The Morgan fingerprint density at radius 3 is 2.54 bits per heavy atom. The lowest BCUT2D eigenvalue weighted by Gasteiger charge is -2.14. The van der Waals surface area contributed by atoms with Gasteiger partial charge in [-0.15, -0.1) is 0 Å². The first kappa shape index (κ1) is 20.5. The third-order valence-corrected chi connectivity index (χ3v) is 5.34. The molecule has 1 amide bonds. The highest BCUT2D eigenvalue weighted by atomic mass is 35.5. The molecular formula is C18H11ClF3NO3S2. The van der Waals surface area contributed by atoms with Crippen molar-refractivity contribution in [2.75, 3.05) is 7.11 Å². The average Bonchev–Trinajstić information content (AvgIpc) is 2.92. The fourth-order valence-corrected chi connectivity index (χ4v) is 3.87. The molecule has 1 aliphatic heterocycles. The summed E-state index contributed by atoms with van der Waals surface area (Å²) in [5, 5.41) is 12.6. The van der Waals surface area contributed by atoms with Crippen molar-refractivity contribution < 1.29 is 27.8 Å². The predicted molar refractivity (Wildman–Crippen MR) is 106 cm³/mol. The van der Waals surface area contributed by atoms with Crippen LogP contribution in [-0.2, 0) is 11.0 Å². The van der Waals surface area contributed by atoms with Gasteiger partial charge in [-0.1, -0.05) is 41.6 Å². The molecule has 1 fully saturated rings. The van der Waals surface area contributed by atoms with E-state index in [-0.39, 0.29) is 31.7 Å². The molecule has 28 heavy (non-hydrogen) atoms. The predicted octanol–water partition coefficient (Wildman–Crippen LogP) is 5.23. The number of phenols is 1. The number of carbonyl (C=O) groups is 1. The minimum Gasteiger partial charge on any atom is -0.507 e. The number of thioether (sulfide) groups is 1. The highest BCUT2D eigenvalue weighted by Gasteiger charge is 2.33. The summed E-state index contributed by atoms with van der Waals surface area (Å²) in [6, 6.07) is 6.11. The van der Waals surface area contributed by atoms with Crippen LogP contribution in [0.4, 0.5) is 13.2 Å². The van der Waals surface area contributed by atoms with Crippen LogP contribution in [0.3, 0.4) is 0 Å². The Kier molecular flexibility index (Phi) is 5.60. The van der Waals surface area contributed by atoms with E-state index in [1.54, 1.807) is 0 Å². The molecule has 0 spiro atoms. The first-order valence-electron chi connectivity index (χ1n) is 7.63. The zero-order valence-corrected chi connectivity index (χ0v) is 16.4. The molecule has 10 heteroatoms. The van der Waals surface area contributed by atoms with E-state index in [1.807, 2.05) is 0 Å². The van der Waals surface area contributed by atoms with Gasteiger partial charge < -0.3 is 15.2 Å². The summed E-state index contributed by atoms with van der Waals surface area (Å²) in [7, 11) is 1.40. The van der Waals surface area contributed by atoms with Crippen LogP contribution in [0.25, 0.3) is 17.2 Å². The Labute approximate surface area is 172 Å². The summed E-state index contributed by atoms with van der Waals surface area (Å²) in [5.41, 5.74) is -0.274. The lowest BCUT2D eigenvalue weighted by Crippen LogP contribution is -2.17. The van der Waals surface area contributed by atoms with Crippen molar-refractivity contribution in [1.82, 2.24) is 5.32 Å². The summed E-state index contributed by atoms with van der Waals surface area (Å²) < 4.78 is 44.3. The summed E-state index contributed by atoms with van der Waals surface area (Å²) in [4.78, 5) is 12.1. The van der Waals surface area contributed by atoms with Gasteiger partial charge in [-0.25, -0.2) is 0 Å². The minimum atomic E-state index is -4.59. The molecule has 4 nitrogen and oxygen atoms in total. The highest BCUT2D eigenvalue weighted by molar-refractivity contribution is 8.26. The average molecular weight is 446 g/mol. The monoisotopic (exact) mass is 445 g/mol. The number of thiocarbonyl (C=S) groups is 1. The molecule has 0 aromatic heterocycles. The van der Waals surface area contributed by atoms with Crippen molar-refractivity contribution in [3.05, 3.63) is 51.4 Å². The topological polar surface area (TPSA) is 58.6 Å². The molecule has 2 aromatic rings. The number of halogens is 4. The second-order valence-electron chi connectivity index (χ2n) is 5.66. The van der Waals surface area contributed by atoms with Crippen molar-refractivity contribution in [1.29, 1.82) is 0 Å². The number of benzene rings is 2. The van der Waals surface area contributed by atoms with Crippen LogP contribution in [0.15, 0.2) is 35.2 Å². The molecule has 0 saturated carbocycles. The second kappa shape index (κ2) is 7.65. The van der Waals surface area contributed by atoms with Gasteiger partial charge in [0.2, 0.25) is 0 Å². The van der Waals surface area contributed by atoms with E-state index in [0.29, 0.717) is 5.75 Å². The number of aromatic hydroxyl groups is 1. The van der Waals surface area contributed by atoms with E-state index in [4.69, 9.17) is 28.6 Å². The van der Waals surface area contributed by atoms with Crippen LogP contribution >= 0.6 is 35.6 Å². The number of carbonyl (C=O) groups excluding carboxylic acids is 1. The molecule has 3 rings (SSSR count). The molecule has 1 saturated heterocycles. The van der Waals surface area contributed by atoms with Crippen LogP contribution in [-0.4, -0.2) is 22.4 Å². The summed E-state index contributed by atoms with van der Waals surface area (Å²) in [5.74, 6) is -0.312. The van der Waals surface area contributed by atoms with Gasteiger partial charge in [0.05, 0.1) is 22.6 Å². The number of ether oxygens (including phenoxy) is 1. The number of methoxy groups -OCH3 is 1. The molecule has 0 aliphatic carbocycles. The number of amides is 1. The van der Waals surface area contributed by atoms with Crippen LogP contribution in [0.2, 0.25) is 5.02 Å². The quantitative estimate of drug-likeness (QED) is 0.500. The van der Waals surface area contributed by atoms with Gasteiger partial charge in [0.15, 0.2) is 0 Å². The number of alkyl halides is 3. The fraction of sp³-hybridized carbons (Fsp3) is 0.111. The van der Waals surface area contributed by atoms with E-state index < -0.39 is 22.7 Å². The van der Waals surface area contributed by atoms with Gasteiger partial charge in [-0.05, 0) is 35.9 Å². The van der Waals surface area contributed by atoms with Gasteiger partial charge in [0.1, 0.15) is 15.8 Å². The Hall–Kier alpha value is -2.23. The number of rotatable bonds is 3. The van der Waals surface area contributed by atoms with Crippen LogP contribution in [0.5, 0.6) is 11.5 Å². The molecule has 1 aliphatic rings. The normalized spacial score (nSPS) is 15.8. The van der Waals surface area contributed by atoms with Crippen molar-refractivity contribution >= 4 is 51.9 Å². The minimum absolute atomic E-state index is 0.202. The molecule has 0 radical (unpaired) electrons. The number of hydrogen-bond donors (Lipinski definition) is 2. The third-order valence-electron chi connectivity index (χ3n) is 3.86. The molecule has 146 valence electrons. The maximum Gasteiger partial charge on any atom is 0.417 e. The maximum atomic E-state index is 12.9. The highest BCUT2D eigenvalue weighted by Crippen LogP contribution is 2.42. The first-order valence-corrected chi connectivity index (χ1v) is 9.23. The zero-order valence-electron chi connectivity index (χ0n) is 14.1. The number of nitrogens with one attached hydrogen (secondary N) is 1. The van der Waals surface area contributed by atoms with Crippen LogP contribution < -0.4 is 10.1 Å². The Bertz CT molecular complexity index is 1020. The Morgan fingerprint density at radius 1 is 1.29 bits per heavy atom. The SMILES string of the molecule is COc1cc(/C=C2\SC(=S)NC2=O)c(O)c(-c2ccc(C(F)(F)F)c(Cl)c2)c1. The zero-order chi connectivity index (χ0) is 20.6. The van der Waals surface area contributed by atoms with Crippen molar-refractivity contribution in [3.8, 4) is 22.6 Å². The van der Waals surface area contributed by atoms with Gasteiger partial charge in [-0.3, -0.25) is 4.79 Å². The molecular weight excluding hydrogens is 435 g/mol. The molecule has 0 atom stereocenters. The Morgan fingerprint density at radius 2 is 2.00 bits per heavy atom. The largest absolute Gasteiger partial charge is 0.507 e. The Balaban J connectivity index is 2.12. The van der Waals surface area contributed by atoms with Crippen molar-refractivity contribution in [2.24, 2.45) is 0 Å². The summed E-state index contributed by atoms with van der Waals surface area (Å²) in [6.07, 6.45) is -3.17. The lowest BCUT2D eigenvalue weighted by atomic mass is 9.99. The lowest BCUT2D eigenvalue weighted by molar-refractivity contribution is -0.137. The molecule has 0 unspecified atom stereocenters. The van der Waals surface area contributed by atoms with Gasteiger partial charge in [0.25, 0.3) is 5.91 Å². The first-order chi connectivity index (χ1) is 13.1.